The number of hydrogen-bond acceptors (Lipinski definition) is 0. The summed E-state index contributed by atoms with van der Waals surface area (Å²) in [6.45, 7) is 0. The first-order valence-electron chi connectivity index (χ1n) is 5.70. The number of hydrogen-bond donors (Lipinski definition) is 0. The summed E-state index contributed by atoms with van der Waals surface area (Å²) in [5, 5.41) is 0. The Bertz CT molecular complexity index is 636. The van der Waals surface area contributed by atoms with Crippen molar-refractivity contribution in [2.24, 2.45) is 0 Å². The van der Waals surface area contributed by atoms with Crippen molar-refractivity contribution in [1.82, 2.24) is 0 Å². The lowest BCUT2D eigenvalue weighted by atomic mass is 9.71. The molecule has 0 atom stereocenters. The van der Waals surface area contributed by atoms with Gasteiger partial charge in [0.2, 0.25) is 0 Å². The fourth-order valence-corrected chi connectivity index (χ4v) is 3.49. The maximum absolute atomic E-state index is 2.30. The lowest BCUT2D eigenvalue weighted by Gasteiger charge is -2.33. The van der Waals surface area contributed by atoms with Crippen LogP contribution in [0, 0.1) is 0 Å². The third-order valence-electron chi connectivity index (χ3n) is 4.24. The second-order valence-corrected chi connectivity index (χ2v) is 4.98. The molecule has 0 radical (unpaired) electrons. The normalized spacial score (nSPS) is 23.7. The van der Waals surface area contributed by atoms with Crippen LogP contribution in [0.25, 0.3) is 5.57 Å². The van der Waals surface area contributed by atoms with Gasteiger partial charge >= 0.3 is 0 Å². The molecule has 0 aromatic heterocycles. The van der Waals surface area contributed by atoms with Gasteiger partial charge in [0.25, 0.3) is 0 Å². The van der Waals surface area contributed by atoms with Gasteiger partial charge in [-0.25, -0.2) is 0 Å². The minimum absolute atomic E-state index is 1.21. The van der Waals surface area contributed by atoms with Gasteiger partial charge in [-0.3, -0.25) is 0 Å². The molecule has 1 aromatic rings. The van der Waals surface area contributed by atoms with Crippen LogP contribution in [-0.2, 0) is 6.42 Å². The summed E-state index contributed by atoms with van der Waals surface area (Å²) < 4.78 is 0. The van der Waals surface area contributed by atoms with Gasteiger partial charge in [-0.05, 0) is 58.3 Å². The Morgan fingerprint density at radius 3 is 2.67 bits per heavy atom. The fourth-order valence-electron chi connectivity index (χ4n) is 3.49. The smallest absolute Gasteiger partial charge is 0.00103 e. The molecule has 0 nitrogen and oxygen atoms in total. The van der Waals surface area contributed by atoms with E-state index in [1.54, 1.807) is 39.0 Å². The molecule has 0 bridgehead atoms. The van der Waals surface area contributed by atoms with E-state index in [0.717, 1.165) is 0 Å². The summed E-state index contributed by atoms with van der Waals surface area (Å²) in [7, 11) is 0. The van der Waals surface area contributed by atoms with E-state index in [4.69, 9.17) is 0 Å². The van der Waals surface area contributed by atoms with Gasteiger partial charge in [-0.1, -0.05) is 29.8 Å². The van der Waals surface area contributed by atoms with Crippen molar-refractivity contribution >= 4 is 5.57 Å². The van der Waals surface area contributed by atoms with E-state index in [1.165, 1.54) is 24.8 Å². The number of benzene rings is 1. The molecular formula is C15H10. The third-order valence-corrected chi connectivity index (χ3v) is 4.24. The highest BCUT2D eigenvalue weighted by Gasteiger charge is 2.46. The molecule has 0 amide bonds. The Hall–Kier alpha value is -1.56. The van der Waals surface area contributed by atoms with E-state index in [1.807, 2.05) is 0 Å². The van der Waals surface area contributed by atoms with Gasteiger partial charge in [0.15, 0.2) is 0 Å². The maximum Gasteiger partial charge on any atom is -0.00103 e. The average Bonchev–Trinajstić information content (AvgIpc) is 2.95. The van der Waals surface area contributed by atoms with E-state index >= 15 is 0 Å². The average molecular weight is 190 g/mol. The first kappa shape index (κ1) is 6.84. The molecule has 0 spiro atoms. The van der Waals surface area contributed by atoms with Crippen LogP contribution in [0.2, 0.25) is 0 Å². The summed E-state index contributed by atoms with van der Waals surface area (Å²) in [4.78, 5) is 0. The molecule has 0 heteroatoms. The second kappa shape index (κ2) is 1.88. The molecular weight excluding hydrogens is 180 g/mol. The van der Waals surface area contributed by atoms with Crippen molar-refractivity contribution < 1.29 is 0 Å². The largest absolute Gasteiger partial charge is 0.0619 e. The molecule has 4 aliphatic carbocycles. The Kier molecular flexibility index (Phi) is 0.856. The zero-order valence-electron chi connectivity index (χ0n) is 8.43. The predicted molar refractivity (Wildman–Crippen MR) is 60.4 cm³/mol. The monoisotopic (exact) mass is 190 g/mol. The predicted octanol–water partition coefficient (Wildman–Crippen LogP) is 3.41. The molecule has 1 saturated carbocycles. The third kappa shape index (κ3) is 0.602. The van der Waals surface area contributed by atoms with Gasteiger partial charge in [0.05, 0.1) is 0 Å². The molecule has 5 rings (SSSR count). The van der Waals surface area contributed by atoms with Crippen LogP contribution in [0.15, 0.2) is 52.1 Å². The molecule has 0 saturated heterocycles. The molecule has 0 unspecified atom stereocenters. The molecule has 1 aromatic carbocycles. The van der Waals surface area contributed by atoms with Crippen molar-refractivity contribution in [1.29, 1.82) is 0 Å². The van der Waals surface area contributed by atoms with Crippen LogP contribution >= 0.6 is 0 Å². The summed E-state index contributed by atoms with van der Waals surface area (Å²) in [6.07, 6.45) is 3.78. The van der Waals surface area contributed by atoms with Crippen molar-refractivity contribution in [3.05, 3.63) is 63.3 Å². The zero-order valence-corrected chi connectivity index (χ0v) is 8.43. The summed E-state index contributed by atoms with van der Waals surface area (Å²) in [5.74, 6) is 0. The van der Waals surface area contributed by atoms with Crippen LogP contribution in [0.4, 0.5) is 0 Å². The number of fused-ring (bicyclic) bond motifs is 3. The molecule has 1 fully saturated rings. The van der Waals surface area contributed by atoms with Crippen molar-refractivity contribution in [3.63, 3.8) is 0 Å². The van der Waals surface area contributed by atoms with Crippen molar-refractivity contribution in [2.75, 3.05) is 0 Å². The zero-order chi connectivity index (χ0) is 9.57. The van der Waals surface area contributed by atoms with Crippen molar-refractivity contribution in [2.45, 2.75) is 19.3 Å². The van der Waals surface area contributed by atoms with Crippen LogP contribution in [-0.4, -0.2) is 0 Å². The fraction of sp³-hybridized carbons (Fsp3) is 0.200. The molecule has 4 aliphatic rings. The highest BCUT2D eigenvalue weighted by atomic mass is 14.5. The second-order valence-electron chi connectivity index (χ2n) is 4.98. The molecule has 0 aliphatic heterocycles. The molecule has 15 heavy (non-hydrogen) atoms. The number of allylic oxidation sites excluding steroid dienone is 6. The maximum atomic E-state index is 2.30. The van der Waals surface area contributed by atoms with Gasteiger partial charge < -0.3 is 0 Å². The van der Waals surface area contributed by atoms with Crippen LogP contribution in [0.5, 0.6) is 0 Å². The van der Waals surface area contributed by atoms with Gasteiger partial charge in [0, 0.05) is 0 Å². The van der Waals surface area contributed by atoms with E-state index < -0.39 is 0 Å². The summed E-state index contributed by atoms with van der Waals surface area (Å²) in [6, 6.07) is 8.95. The Morgan fingerprint density at radius 1 is 0.733 bits per heavy atom. The van der Waals surface area contributed by atoms with E-state index in [-0.39, 0.29) is 0 Å². The first-order valence-corrected chi connectivity index (χ1v) is 5.70. The van der Waals surface area contributed by atoms with E-state index in [9.17, 15) is 0 Å². The molecule has 70 valence electrons. The summed E-state index contributed by atoms with van der Waals surface area (Å²) >= 11 is 0. The van der Waals surface area contributed by atoms with Gasteiger partial charge in [-0.15, -0.1) is 0 Å². The van der Waals surface area contributed by atoms with Crippen LogP contribution < -0.4 is 0 Å². The van der Waals surface area contributed by atoms with Crippen molar-refractivity contribution in [3.8, 4) is 0 Å². The summed E-state index contributed by atoms with van der Waals surface area (Å²) in [5.41, 5.74) is 13.1. The lowest BCUT2D eigenvalue weighted by molar-refractivity contribution is 0.918. The topological polar surface area (TPSA) is 0 Å². The quantitative estimate of drug-likeness (QED) is 0.588. The van der Waals surface area contributed by atoms with E-state index in [2.05, 4.69) is 24.3 Å². The highest BCUT2D eigenvalue weighted by Crippen LogP contribution is 2.64. The number of rotatable bonds is 0. The Morgan fingerprint density at radius 2 is 1.67 bits per heavy atom. The lowest BCUT2D eigenvalue weighted by Crippen LogP contribution is -2.16. The van der Waals surface area contributed by atoms with Gasteiger partial charge in [0.1, 0.15) is 0 Å². The molecule has 0 heterocycles. The van der Waals surface area contributed by atoms with E-state index in [0.29, 0.717) is 0 Å². The first-order chi connectivity index (χ1) is 7.43. The highest BCUT2D eigenvalue weighted by molar-refractivity contribution is 6.03. The standard InChI is InChI=1S/C15H10/c1-2-4-10-8(3-1)5-9-6-12-11-7-13(11)15(10)14(9)12/h1-4H,5-7H2. The Labute approximate surface area is 88.6 Å². The SMILES string of the molecule is c1ccc2c(c1)CC1=C3C(=C4CC4=C32)C1. The minimum atomic E-state index is 1.21. The minimum Gasteiger partial charge on any atom is -0.0619 e. The molecule has 0 N–H and O–H groups in total. The van der Waals surface area contributed by atoms with Gasteiger partial charge in [-0.2, -0.15) is 0 Å². The Balaban J connectivity index is 1.93. The van der Waals surface area contributed by atoms with Crippen LogP contribution in [0.1, 0.15) is 24.0 Å². The van der Waals surface area contributed by atoms with Crippen LogP contribution in [0.3, 0.4) is 0 Å².